The molecule has 130 valence electrons. The third kappa shape index (κ3) is 3.84. The molecule has 0 unspecified atom stereocenters. The quantitative estimate of drug-likeness (QED) is 0.833. The first-order valence-electron chi connectivity index (χ1n) is 8.20. The van der Waals surface area contributed by atoms with E-state index in [-0.39, 0.29) is 18.2 Å². The van der Waals surface area contributed by atoms with Crippen LogP contribution in [-0.4, -0.2) is 15.9 Å². The van der Waals surface area contributed by atoms with Crippen molar-refractivity contribution in [2.24, 2.45) is 5.73 Å². The second kappa shape index (κ2) is 7.45. The van der Waals surface area contributed by atoms with Crippen molar-refractivity contribution >= 4 is 18.2 Å². The standard InChI is InChI=1S/C18H23N3O2.ClH/c1-12-5-6-13(2)14(11-12)15(22)7-8-16-20-17(21-23-16)18(19)9-3-4-10-18;/h5-6,11H,3-4,7-10,19H2,1-2H3;1H. The molecule has 0 atom stereocenters. The van der Waals surface area contributed by atoms with Gasteiger partial charge in [0.1, 0.15) is 0 Å². The summed E-state index contributed by atoms with van der Waals surface area (Å²) in [7, 11) is 0. The van der Waals surface area contributed by atoms with Crippen molar-refractivity contribution in [3.63, 3.8) is 0 Å². The van der Waals surface area contributed by atoms with Gasteiger partial charge >= 0.3 is 0 Å². The Morgan fingerprint density at radius 1 is 1.29 bits per heavy atom. The first-order chi connectivity index (χ1) is 11.0. The van der Waals surface area contributed by atoms with Crippen molar-refractivity contribution in [1.82, 2.24) is 10.1 Å². The molecule has 0 aliphatic heterocycles. The number of ketones is 1. The van der Waals surface area contributed by atoms with Gasteiger partial charge in [-0.2, -0.15) is 4.98 Å². The van der Waals surface area contributed by atoms with Crippen LogP contribution in [0.4, 0.5) is 0 Å². The maximum Gasteiger partial charge on any atom is 0.227 e. The minimum absolute atomic E-state index is 0. The van der Waals surface area contributed by atoms with Gasteiger partial charge in [-0.3, -0.25) is 4.79 Å². The summed E-state index contributed by atoms with van der Waals surface area (Å²) in [5, 5.41) is 4.03. The minimum atomic E-state index is -0.446. The summed E-state index contributed by atoms with van der Waals surface area (Å²) in [6.07, 6.45) is 4.82. The summed E-state index contributed by atoms with van der Waals surface area (Å²) in [4.78, 5) is 16.8. The van der Waals surface area contributed by atoms with Gasteiger partial charge in [-0.25, -0.2) is 0 Å². The molecule has 24 heavy (non-hydrogen) atoms. The van der Waals surface area contributed by atoms with Crippen LogP contribution in [0.3, 0.4) is 0 Å². The van der Waals surface area contributed by atoms with Crippen molar-refractivity contribution in [3.8, 4) is 0 Å². The number of aromatic nitrogens is 2. The molecular weight excluding hydrogens is 326 g/mol. The Kier molecular flexibility index (Phi) is 5.78. The van der Waals surface area contributed by atoms with Gasteiger partial charge in [-0.15, -0.1) is 12.4 Å². The van der Waals surface area contributed by atoms with Gasteiger partial charge in [0.2, 0.25) is 5.89 Å². The molecule has 1 saturated carbocycles. The highest BCUT2D eigenvalue weighted by atomic mass is 35.5. The lowest BCUT2D eigenvalue weighted by molar-refractivity contribution is 0.0979. The zero-order valence-electron chi connectivity index (χ0n) is 14.2. The van der Waals surface area contributed by atoms with Crippen LogP contribution in [0.1, 0.15) is 65.3 Å². The third-order valence-corrected chi connectivity index (χ3v) is 4.67. The molecule has 3 rings (SSSR count). The minimum Gasteiger partial charge on any atom is -0.339 e. The van der Waals surface area contributed by atoms with Crippen LogP contribution in [0.15, 0.2) is 22.7 Å². The van der Waals surface area contributed by atoms with E-state index in [9.17, 15) is 4.79 Å². The van der Waals surface area contributed by atoms with E-state index in [1.54, 1.807) is 0 Å². The van der Waals surface area contributed by atoms with Gasteiger partial charge in [0.15, 0.2) is 11.6 Å². The van der Waals surface area contributed by atoms with Crippen molar-refractivity contribution in [2.75, 3.05) is 0 Å². The molecular formula is C18H24ClN3O2. The van der Waals surface area contributed by atoms with Crippen LogP contribution >= 0.6 is 12.4 Å². The number of halogens is 1. The molecule has 0 bridgehead atoms. The number of benzene rings is 1. The first-order valence-corrected chi connectivity index (χ1v) is 8.20. The molecule has 1 aliphatic carbocycles. The third-order valence-electron chi connectivity index (χ3n) is 4.67. The highest BCUT2D eigenvalue weighted by Gasteiger charge is 2.35. The number of nitrogens with two attached hydrogens (primary N) is 1. The summed E-state index contributed by atoms with van der Waals surface area (Å²) in [5.74, 6) is 1.19. The van der Waals surface area contributed by atoms with Crippen LogP contribution < -0.4 is 5.73 Å². The number of carbonyl (C=O) groups is 1. The SMILES string of the molecule is Cc1ccc(C)c(C(=O)CCc2nc(C3(N)CCCC3)no2)c1.Cl. The van der Waals surface area contributed by atoms with E-state index in [1.165, 1.54) is 0 Å². The number of nitrogens with zero attached hydrogens (tertiary/aromatic N) is 2. The van der Waals surface area contributed by atoms with Crippen LogP contribution in [0.2, 0.25) is 0 Å². The maximum atomic E-state index is 12.4. The second-order valence-corrected chi connectivity index (χ2v) is 6.62. The Bertz CT molecular complexity index is 721. The Balaban J connectivity index is 0.00000208. The zero-order chi connectivity index (χ0) is 16.4. The molecule has 1 aromatic heterocycles. The summed E-state index contributed by atoms with van der Waals surface area (Å²) >= 11 is 0. The fourth-order valence-electron chi connectivity index (χ4n) is 3.18. The predicted octanol–water partition coefficient (Wildman–Crippen LogP) is 3.65. The average Bonchev–Trinajstić information content (AvgIpc) is 3.17. The van der Waals surface area contributed by atoms with Gasteiger partial charge in [0.25, 0.3) is 0 Å². The number of hydrogen-bond acceptors (Lipinski definition) is 5. The molecule has 0 spiro atoms. The molecule has 1 fully saturated rings. The highest BCUT2D eigenvalue weighted by Crippen LogP contribution is 2.34. The maximum absolute atomic E-state index is 12.4. The molecule has 0 radical (unpaired) electrons. The second-order valence-electron chi connectivity index (χ2n) is 6.62. The lowest BCUT2D eigenvalue weighted by Crippen LogP contribution is -2.34. The number of hydrogen-bond donors (Lipinski definition) is 1. The lowest BCUT2D eigenvalue weighted by atomic mass is 9.98. The van der Waals surface area contributed by atoms with Crippen molar-refractivity contribution in [2.45, 2.75) is 57.9 Å². The lowest BCUT2D eigenvalue weighted by Gasteiger charge is -2.17. The Morgan fingerprint density at radius 3 is 2.71 bits per heavy atom. The van der Waals surface area contributed by atoms with Gasteiger partial charge in [-0.05, 0) is 38.3 Å². The largest absolute Gasteiger partial charge is 0.339 e. The number of rotatable bonds is 5. The average molecular weight is 350 g/mol. The van der Waals surface area contributed by atoms with Crippen molar-refractivity contribution < 1.29 is 9.32 Å². The normalized spacial score (nSPS) is 16.0. The number of aryl methyl sites for hydroxylation is 3. The summed E-state index contributed by atoms with van der Waals surface area (Å²) in [5.41, 5.74) is 8.74. The fourth-order valence-corrected chi connectivity index (χ4v) is 3.18. The molecule has 1 aromatic carbocycles. The molecule has 2 aromatic rings. The van der Waals surface area contributed by atoms with E-state index in [2.05, 4.69) is 10.1 Å². The van der Waals surface area contributed by atoms with E-state index in [1.807, 2.05) is 32.0 Å². The number of Topliss-reactive ketones (excluding diaryl/α,β-unsaturated/α-hetero) is 1. The monoisotopic (exact) mass is 349 g/mol. The Hall–Kier alpha value is -1.72. The van der Waals surface area contributed by atoms with Crippen molar-refractivity contribution in [1.29, 1.82) is 0 Å². The topological polar surface area (TPSA) is 82.0 Å². The number of carbonyl (C=O) groups excluding carboxylic acids is 1. The Labute approximate surface area is 148 Å². The fraction of sp³-hybridized carbons (Fsp3) is 0.500. The van der Waals surface area contributed by atoms with Gasteiger partial charge < -0.3 is 10.3 Å². The molecule has 5 nitrogen and oxygen atoms in total. The summed E-state index contributed by atoms with van der Waals surface area (Å²) in [6, 6.07) is 5.93. The molecule has 6 heteroatoms. The van der Waals surface area contributed by atoms with Gasteiger partial charge in [0, 0.05) is 18.4 Å². The molecule has 0 saturated heterocycles. The zero-order valence-corrected chi connectivity index (χ0v) is 15.0. The van der Waals surface area contributed by atoms with Crippen molar-refractivity contribution in [3.05, 3.63) is 46.6 Å². The molecule has 0 amide bonds. The van der Waals surface area contributed by atoms with Crippen LogP contribution in [0.25, 0.3) is 0 Å². The first kappa shape index (κ1) is 18.6. The summed E-state index contributed by atoms with van der Waals surface area (Å²) < 4.78 is 5.29. The van der Waals surface area contributed by atoms with E-state index in [4.69, 9.17) is 10.3 Å². The Morgan fingerprint density at radius 2 is 2.00 bits per heavy atom. The van der Waals surface area contributed by atoms with Gasteiger partial charge in [0.05, 0.1) is 5.54 Å². The smallest absolute Gasteiger partial charge is 0.227 e. The van der Waals surface area contributed by atoms with Crippen LogP contribution in [0, 0.1) is 13.8 Å². The van der Waals surface area contributed by atoms with E-state index < -0.39 is 5.54 Å². The van der Waals surface area contributed by atoms with Gasteiger partial charge in [-0.1, -0.05) is 35.7 Å². The van der Waals surface area contributed by atoms with Crippen LogP contribution in [0.5, 0.6) is 0 Å². The molecule has 2 N–H and O–H groups in total. The van der Waals surface area contributed by atoms with E-state index >= 15 is 0 Å². The van der Waals surface area contributed by atoms with Crippen LogP contribution in [-0.2, 0) is 12.0 Å². The predicted molar refractivity (Wildman–Crippen MR) is 94.4 cm³/mol. The summed E-state index contributed by atoms with van der Waals surface area (Å²) in [6.45, 7) is 3.94. The van der Waals surface area contributed by atoms with E-state index in [0.29, 0.717) is 24.6 Å². The molecule has 1 heterocycles. The van der Waals surface area contributed by atoms with E-state index in [0.717, 1.165) is 42.4 Å². The molecule has 1 aliphatic rings. The highest BCUT2D eigenvalue weighted by molar-refractivity contribution is 5.97.